The van der Waals surface area contributed by atoms with Gasteiger partial charge in [0.1, 0.15) is 5.84 Å². The average molecular weight is 418 g/mol. The van der Waals surface area contributed by atoms with Crippen LogP contribution in [0.3, 0.4) is 0 Å². The lowest BCUT2D eigenvalue weighted by Crippen LogP contribution is -2.64. The van der Waals surface area contributed by atoms with E-state index in [0.29, 0.717) is 13.1 Å². The molecule has 2 unspecified atom stereocenters. The quantitative estimate of drug-likeness (QED) is 0.765. The zero-order valence-electron chi connectivity index (χ0n) is 17.9. The van der Waals surface area contributed by atoms with E-state index in [0.717, 1.165) is 30.9 Å². The molecule has 3 amide bonds. The van der Waals surface area contributed by atoms with E-state index in [1.54, 1.807) is 19.0 Å². The van der Waals surface area contributed by atoms with Crippen LogP contribution >= 0.6 is 0 Å². The lowest BCUT2D eigenvalue weighted by Gasteiger charge is -2.40. The molecule has 0 radical (unpaired) electrons. The summed E-state index contributed by atoms with van der Waals surface area (Å²) < 4.78 is 0. The third-order valence-corrected chi connectivity index (χ3v) is 6.57. The zero-order valence-corrected chi connectivity index (χ0v) is 17.9. The minimum atomic E-state index is -0.486. The number of amidine groups is 1. The van der Waals surface area contributed by atoms with Crippen molar-refractivity contribution in [1.82, 2.24) is 19.6 Å². The summed E-state index contributed by atoms with van der Waals surface area (Å²) in [6.07, 6.45) is 0.529. The fraction of sp³-hybridized carbons (Fsp3) is 0.375. The molecule has 0 spiro atoms. The number of fused-ring (bicyclic) bond motifs is 2. The summed E-state index contributed by atoms with van der Waals surface area (Å²) in [5.41, 5.74) is 3.88. The number of hydrogen-bond donors (Lipinski definition) is 0. The fourth-order valence-corrected chi connectivity index (χ4v) is 4.81. The number of nitrogens with zero attached hydrogens (tertiary/aromatic N) is 5. The number of amides is 3. The van der Waals surface area contributed by atoms with Gasteiger partial charge >= 0.3 is 6.03 Å². The van der Waals surface area contributed by atoms with E-state index in [1.165, 1.54) is 16.0 Å². The molecule has 0 N–H and O–H groups in total. The number of urea groups is 1. The number of likely N-dealkylation sites (N-methyl/N-ethyl adjacent to an activating group) is 2. The molecule has 5 rings (SSSR count). The van der Waals surface area contributed by atoms with E-state index < -0.39 is 12.2 Å². The molecule has 3 heterocycles. The minimum Gasteiger partial charge on any atom is -0.339 e. The molecule has 3 aliphatic heterocycles. The number of carbonyl (C=O) groups is 2. The van der Waals surface area contributed by atoms with Gasteiger partial charge in [-0.15, -0.1) is 0 Å². The van der Waals surface area contributed by atoms with E-state index in [1.807, 2.05) is 18.2 Å². The van der Waals surface area contributed by atoms with Gasteiger partial charge in [0.25, 0.3) is 5.91 Å². The second-order valence-corrected chi connectivity index (χ2v) is 8.54. The summed E-state index contributed by atoms with van der Waals surface area (Å²) in [6.45, 7) is 3.07. The maximum atomic E-state index is 13.1. The SMILES string of the molecule is CN1C(=O)C2C(N=C(CN3CCc4ccccc4C3)N2Cc2ccccc2)N(C)C1=O. The maximum absolute atomic E-state index is 13.1. The van der Waals surface area contributed by atoms with E-state index >= 15 is 0 Å². The Balaban J connectivity index is 1.44. The molecule has 0 aromatic heterocycles. The lowest BCUT2D eigenvalue weighted by atomic mass is 10.00. The Labute approximate surface area is 182 Å². The summed E-state index contributed by atoms with van der Waals surface area (Å²) in [7, 11) is 3.28. The Morgan fingerprint density at radius 3 is 2.42 bits per heavy atom. The van der Waals surface area contributed by atoms with Gasteiger partial charge in [-0.25, -0.2) is 9.79 Å². The summed E-state index contributed by atoms with van der Waals surface area (Å²) in [5, 5.41) is 0. The normalized spacial score (nSPS) is 23.7. The highest BCUT2D eigenvalue weighted by Crippen LogP contribution is 2.29. The predicted molar refractivity (Wildman–Crippen MR) is 118 cm³/mol. The van der Waals surface area contributed by atoms with Crippen molar-refractivity contribution in [2.45, 2.75) is 31.7 Å². The van der Waals surface area contributed by atoms with Crippen LogP contribution < -0.4 is 0 Å². The number of benzene rings is 2. The molecule has 0 aliphatic carbocycles. The molecule has 2 atom stereocenters. The molecule has 31 heavy (non-hydrogen) atoms. The van der Waals surface area contributed by atoms with Gasteiger partial charge in [-0.05, 0) is 23.1 Å². The third kappa shape index (κ3) is 3.49. The van der Waals surface area contributed by atoms with Crippen LogP contribution in [0.15, 0.2) is 59.6 Å². The van der Waals surface area contributed by atoms with Crippen LogP contribution in [0.4, 0.5) is 4.79 Å². The first kappa shape index (κ1) is 19.8. The molecular formula is C24H27N5O2. The van der Waals surface area contributed by atoms with Gasteiger partial charge in [-0.3, -0.25) is 14.6 Å². The molecule has 160 valence electrons. The highest BCUT2D eigenvalue weighted by atomic mass is 16.2. The second-order valence-electron chi connectivity index (χ2n) is 8.54. The average Bonchev–Trinajstić information content (AvgIpc) is 3.14. The number of aliphatic imine (C=N–C) groups is 1. The molecule has 7 heteroatoms. The number of rotatable bonds is 4. The minimum absolute atomic E-state index is 0.188. The summed E-state index contributed by atoms with van der Waals surface area (Å²) in [4.78, 5) is 37.8. The number of hydrogen-bond acceptors (Lipinski definition) is 5. The summed E-state index contributed by atoms with van der Waals surface area (Å²) in [6, 6.07) is 17.9. The Morgan fingerprint density at radius 2 is 1.65 bits per heavy atom. The topological polar surface area (TPSA) is 59.5 Å². The number of carbonyl (C=O) groups excluding carboxylic acids is 2. The molecule has 2 aromatic carbocycles. The van der Waals surface area contributed by atoms with Crippen molar-refractivity contribution in [2.24, 2.45) is 4.99 Å². The molecule has 2 aromatic rings. The molecule has 0 bridgehead atoms. The molecule has 3 aliphatic rings. The van der Waals surface area contributed by atoms with Crippen LogP contribution in [0, 0.1) is 0 Å². The van der Waals surface area contributed by atoms with Crippen molar-refractivity contribution in [1.29, 1.82) is 0 Å². The first-order valence-electron chi connectivity index (χ1n) is 10.7. The highest BCUT2D eigenvalue weighted by molar-refractivity contribution is 6.04. The first-order chi connectivity index (χ1) is 15.0. The van der Waals surface area contributed by atoms with E-state index in [4.69, 9.17) is 4.99 Å². The van der Waals surface area contributed by atoms with Crippen molar-refractivity contribution >= 4 is 17.8 Å². The van der Waals surface area contributed by atoms with Crippen LogP contribution in [0.5, 0.6) is 0 Å². The molecule has 0 saturated carbocycles. The smallest absolute Gasteiger partial charge is 0.328 e. The van der Waals surface area contributed by atoms with Gasteiger partial charge in [0, 0.05) is 33.7 Å². The van der Waals surface area contributed by atoms with Crippen LogP contribution in [0.1, 0.15) is 16.7 Å². The van der Waals surface area contributed by atoms with Crippen molar-refractivity contribution < 1.29 is 9.59 Å². The van der Waals surface area contributed by atoms with Crippen LogP contribution in [-0.2, 0) is 24.3 Å². The first-order valence-corrected chi connectivity index (χ1v) is 10.7. The van der Waals surface area contributed by atoms with Crippen molar-refractivity contribution in [3.05, 3.63) is 71.3 Å². The highest BCUT2D eigenvalue weighted by Gasteiger charge is 2.51. The van der Waals surface area contributed by atoms with E-state index in [-0.39, 0.29) is 11.9 Å². The molecular weight excluding hydrogens is 390 g/mol. The maximum Gasteiger partial charge on any atom is 0.328 e. The van der Waals surface area contributed by atoms with Crippen molar-refractivity contribution in [2.75, 3.05) is 27.2 Å². The van der Waals surface area contributed by atoms with Gasteiger partial charge in [0.05, 0.1) is 6.54 Å². The number of imide groups is 1. The van der Waals surface area contributed by atoms with Crippen molar-refractivity contribution in [3.8, 4) is 0 Å². The Kier molecular flexibility index (Phi) is 4.98. The third-order valence-electron chi connectivity index (χ3n) is 6.57. The van der Waals surface area contributed by atoms with Gasteiger partial charge < -0.3 is 9.80 Å². The second kappa shape index (κ2) is 7.81. The van der Waals surface area contributed by atoms with Gasteiger partial charge in [-0.2, -0.15) is 0 Å². The van der Waals surface area contributed by atoms with Crippen LogP contribution in [-0.4, -0.2) is 76.8 Å². The monoisotopic (exact) mass is 417 g/mol. The summed E-state index contributed by atoms with van der Waals surface area (Å²) in [5.74, 6) is 0.688. The zero-order chi connectivity index (χ0) is 21.5. The van der Waals surface area contributed by atoms with Gasteiger partial charge in [-0.1, -0.05) is 54.6 Å². The molecule has 1 saturated heterocycles. The van der Waals surface area contributed by atoms with E-state index in [9.17, 15) is 9.59 Å². The fourth-order valence-electron chi connectivity index (χ4n) is 4.81. The Bertz CT molecular complexity index is 1040. The van der Waals surface area contributed by atoms with Crippen LogP contribution in [0.2, 0.25) is 0 Å². The molecule has 1 fully saturated rings. The van der Waals surface area contributed by atoms with Gasteiger partial charge in [0.15, 0.2) is 12.2 Å². The van der Waals surface area contributed by atoms with Gasteiger partial charge in [0.2, 0.25) is 0 Å². The standard InChI is InChI=1S/C24H27N5O2/c1-26-22-21(23(30)27(2)24(26)31)29(14-17-8-4-3-5-9-17)20(25-22)16-28-13-12-18-10-6-7-11-19(18)15-28/h3-11,21-22H,12-16H2,1-2H3. The largest absolute Gasteiger partial charge is 0.339 e. The Morgan fingerprint density at radius 1 is 0.935 bits per heavy atom. The summed E-state index contributed by atoms with van der Waals surface area (Å²) >= 11 is 0. The predicted octanol–water partition coefficient (Wildman–Crippen LogP) is 2.18. The van der Waals surface area contributed by atoms with Crippen molar-refractivity contribution in [3.63, 3.8) is 0 Å². The lowest BCUT2D eigenvalue weighted by molar-refractivity contribution is -0.136. The van der Waals surface area contributed by atoms with E-state index in [2.05, 4.69) is 46.2 Å². The Hall–Kier alpha value is -3.19. The molecule has 7 nitrogen and oxygen atoms in total. The van der Waals surface area contributed by atoms with Crippen LogP contribution in [0.25, 0.3) is 0 Å².